The Balaban J connectivity index is 1.83. The topological polar surface area (TPSA) is 47.6 Å². The molecule has 1 N–H and O–H groups in total. The molecule has 2 aromatic carbocycles. The first-order valence-electron chi connectivity index (χ1n) is 7.70. The molecule has 0 aliphatic heterocycles. The standard InChI is InChI=1S/C18H18F3NO3/c19-18(20,21)13-24-12-6-11-22-17(23)15-9-4-5-10-16(15)25-14-7-2-1-3-8-14/h1-5,7-10H,6,11-13H2,(H,22,23). The van der Waals surface area contributed by atoms with Crippen LogP contribution in [-0.2, 0) is 4.74 Å². The molecule has 2 aromatic rings. The highest BCUT2D eigenvalue weighted by Gasteiger charge is 2.27. The monoisotopic (exact) mass is 353 g/mol. The van der Waals surface area contributed by atoms with Crippen molar-refractivity contribution in [2.24, 2.45) is 0 Å². The zero-order valence-corrected chi connectivity index (χ0v) is 13.4. The summed E-state index contributed by atoms with van der Waals surface area (Å²) in [6.07, 6.45) is -4.06. The van der Waals surface area contributed by atoms with Gasteiger partial charge < -0.3 is 14.8 Å². The zero-order chi connectivity index (χ0) is 18.1. The summed E-state index contributed by atoms with van der Waals surface area (Å²) < 4.78 is 46.0. The van der Waals surface area contributed by atoms with Gasteiger partial charge in [-0.15, -0.1) is 0 Å². The van der Waals surface area contributed by atoms with Gasteiger partial charge >= 0.3 is 6.18 Å². The molecule has 0 aliphatic rings. The number of hydrogen-bond acceptors (Lipinski definition) is 3. The molecular formula is C18H18F3NO3. The molecule has 25 heavy (non-hydrogen) atoms. The van der Waals surface area contributed by atoms with Gasteiger partial charge in [0.2, 0.25) is 0 Å². The quantitative estimate of drug-likeness (QED) is 0.725. The van der Waals surface area contributed by atoms with Crippen LogP contribution in [0, 0.1) is 0 Å². The summed E-state index contributed by atoms with van der Waals surface area (Å²) in [7, 11) is 0. The Morgan fingerprint density at radius 2 is 1.68 bits per heavy atom. The van der Waals surface area contributed by atoms with Crippen LogP contribution < -0.4 is 10.1 Å². The van der Waals surface area contributed by atoms with Crippen molar-refractivity contribution in [2.75, 3.05) is 19.8 Å². The van der Waals surface area contributed by atoms with Crippen LogP contribution in [0.5, 0.6) is 11.5 Å². The lowest BCUT2D eigenvalue weighted by atomic mass is 10.2. The average Bonchev–Trinajstić information content (AvgIpc) is 2.58. The van der Waals surface area contributed by atoms with E-state index in [1.165, 1.54) is 0 Å². The Labute approximate surface area is 143 Å². The van der Waals surface area contributed by atoms with Gasteiger partial charge in [-0.1, -0.05) is 30.3 Å². The third-order valence-electron chi connectivity index (χ3n) is 3.12. The molecule has 4 nitrogen and oxygen atoms in total. The number of hydrogen-bond donors (Lipinski definition) is 1. The van der Waals surface area contributed by atoms with Crippen molar-refractivity contribution in [1.82, 2.24) is 5.32 Å². The van der Waals surface area contributed by atoms with E-state index in [1.807, 2.05) is 18.2 Å². The Kier molecular flexibility index (Phi) is 6.82. The van der Waals surface area contributed by atoms with E-state index in [9.17, 15) is 18.0 Å². The SMILES string of the molecule is O=C(NCCCOCC(F)(F)F)c1ccccc1Oc1ccccc1. The van der Waals surface area contributed by atoms with Gasteiger partial charge in [0.05, 0.1) is 5.56 Å². The van der Waals surface area contributed by atoms with Crippen molar-refractivity contribution >= 4 is 5.91 Å². The Hall–Kier alpha value is -2.54. The van der Waals surface area contributed by atoms with Crippen LogP contribution in [0.3, 0.4) is 0 Å². The van der Waals surface area contributed by atoms with E-state index < -0.39 is 12.8 Å². The van der Waals surface area contributed by atoms with Crippen LogP contribution in [0.2, 0.25) is 0 Å². The third kappa shape index (κ3) is 6.84. The largest absolute Gasteiger partial charge is 0.457 e. The number of amides is 1. The van der Waals surface area contributed by atoms with Gasteiger partial charge in [-0.3, -0.25) is 4.79 Å². The molecule has 0 atom stereocenters. The molecule has 134 valence electrons. The van der Waals surface area contributed by atoms with Crippen molar-refractivity contribution in [3.8, 4) is 11.5 Å². The van der Waals surface area contributed by atoms with E-state index >= 15 is 0 Å². The van der Waals surface area contributed by atoms with Crippen molar-refractivity contribution in [3.63, 3.8) is 0 Å². The Morgan fingerprint density at radius 1 is 1.00 bits per heavy atom. The van der Waals surface area contributed by atoms with Crippen LogP contribution in [-0.4, -0.2) is 31.8 Å². The second-order valence-corrected chi connectivity index (χ2v) is 5.19. The van der Waals surface area contributed by atoms with Gasteiger partial charge in [-0.2, -0.15) is 13.2 Å². The number of benzene rings is 2. The number of carbonyl (C=O) groups excluding carboxylic acids is 1. The molecule has 0 saturated heterocycles. The summed E-state index contributed by atoms with van der Waals surface area (Å²) in [5, 5.41) is 2.64. The molecule has 0 radical (unpaired) electrons. The minimum atomic E-state index is -4.34. The maximum absolute atomic E-state index is 12.2. The van der Waals surface area contributed by atoms with Crippen LogP contribution in [0.25, 0.3) is 0 Å². The number of rotatable bonds is 8. The van der Waals surface area contributed by atoms with Crippen LogP contribution >= 0.6 is 0 Å². The molecule has 2 rings (SSSR count). The van der Waals surface area contributed by atoms with Gasteiger partial charge in [0.25, 0.3) is 5.91 Å². The zero-order valence-electron chi connectivity index (χ0n) is 13.4. The summed E-state index contributed by atoms with van der Waals surface area (Å²) in [6, 6.07) is 15.8. The van der Waals surface area contributed by atoms with E-state index in [4.69, 9.17) is 4.74 Å². The van der Waals surface area contributed by atoms with E-state index in [-0.39, 0.29) is 25.5 Å². The van der Waals surface area contributed by atoms with E-state index in [2.05, 4.69) is 10.1 Å². The number of para-hydroxylation sites is 2. The first kappa shape index (κ1) is 18.8. The van der Waals surface area contributed by atoms with E-state index in [1.54, 1.807) is 36.4 Å². The first-order chi connectivity index (χ1) is 12.0. The maximum atomic E-state index is 12.2. The van der Waals surface area contributed by atoms with Gasteiger partial charge in [0.15, 0.2) is 0 Å². The van der Waals surface area contributed by atoms with Crippen molar-refractivity contribution in [2.45, 2.75) is 12.6 Å². The maximum Gasteiger partial charge on any atom is 0.411 e. The second kappa shape index (κ2) is 9.08. The van der Waals surface area contributed by atoms with Crippen molar-refractivity contribution in [3.05, 3.63) is 60.2 Å². The molecule has 0 aliphatic carbocycles. The highest BCUT2D eigenvalue weighted by Crippen LogP contribution is 2.24. The summed E-state index contributed by atoms with van der Waals surface area (Å²) in [5.74, 6) is 0.644. The van der Waals surface area contributed by atoms with Crippen LogP contribution in [0.4, 0.5) is 13.2 Å². The Morgan fingerprint density at radius 3 is 2.40 bits per heavy atom. The number of carbonyl (C=O) groups is 1. The first-order valence-corrected chi connectivity index (χ1v) is 7.70. The third-order valence-corrected chi connectivity index (χ3v) is 3.12. The van der Waals surface area contributed by atoms with Gasteiger partial charge in [0.1, 0.15) is 18.1 Å². The number of alkyl halides is 3. The van der Waals surface area contributed by atoms with E-state index in [0.717, 1.165) is 0 Å². The molecule has 0 aromatic heterocycles. The molecule has 1 amide bonds. The fourth-order valence-corrected chi connectivity index (χ4v) is 2.02. The summed E-state index contributed by atoms with van der Waals surface area (Å²) in [4.78, 5) is 12.2. The molecule has 0 heterocycles. The predicted octanol–water partition coefficient (Wildman–Crippen LogP) is 4.18. The molecule has 0 bridgehead atoms. The highest BCUT2D eigenvalue weighted by atomic mass is 19.4. The molecule has 7 heteroatoms. The summed E-state index contributed by atoms with van der Waals surface area (Å²) in [6.45, 7) is -1.16. The minimum Gasteiger partial charge on any atom is -0.457 e. The smallest absolute Gasteiger partial charge is 0.411 e. The summed E-state index contributed by atoms with van der Waals surface area (Å²) in [5.41, 5.74) is 0.350. The fraction of sp³-hybridized carbons (Fsp3) is 0.278. The lowest BCUT2D eigenvalue weighted by Crippen LogP contribution is -2.26. The van der Waals surface area contributed by atoms with Crippen molar-refractivity contribution < 1.29 is 27.4 Å². The van der Waals surface area contributed by atoms with E-state index in [0.29, 0.717) is 17.1 Å². The number of ether oxygens (including phenoxy) is 2. The second-order valence-electron chi connectivity index (χ2n) is 5.19. The Bertz CT molecular complexity index is 675. The van der Waals surface area contributed by atoms with Gasteiger partial charge in [-0.05, 0) is 30.7 Å². The fourth-order valence-electron chi connectivity index (χ4n) is 2.02. The number of halogens is 3. The lowest BCUT2D eigenvalue weighted by molar-refractivity contribution is -0.173. The predicted molar refractivity (Wildman–Crippen MR) is 86.8 cm³/mol. The van der Waals surface area contributed by atoms with Crippen LogP contribution in [0.15, 0.2) is 54.6 Å². The lowest BCUT2D eigenvalue weighted by Gasteiger charge is -2.12. The summed E-state index contributed by atoms with van der Waals surface area (Å²) >= 11 is 0. The normalized spacial score (nSPS) is 11.2. The van der Waals surface area contributed by atoms with Crippen LogP contribution in [0.1, 0.15) is 16.8 Å². The van der Waals surface area contributed by atoms with Gasteiger partial charge in [-0.25, -0.2) is 0 Å². The molecule has 0 saturated carbocycles. The van der Waals surface area contributed by atoms with Gasteiger partial charge in [0, 0.05) is 13.2 Å². The minimum absolute atomic E-state index is 0.0814. The number of nitrogens with one attached hydrogen (secondary N) is 1. The molecule has 0 fully saturated rings. The molecule has 0 spiro atoms. The highest BCUT2D eigenvalue weighted by molar-refractivity contribution is 5.96. The molecular weight excluding hydrogens is 335 g/mol. The molecule has 0 unspecified atom stereocenters. The van der Waals surface area contributed by atoms with Crippen molar-refractivity contribution in [1.29, 1.82) is 0 Å². The average molecular weight is 353 g/mol.